The van der Waals surface area contributed by atoms with Gasteiger partial charge in [-0.3, -0.25) is 9.59 Å². The topological polar surface area (TPSA) is 71.3 Å². The molecule has 1 saturated heterocycles. The van der Waals surface area contributed by atoms with Crippen molar-refractivity contribution < 1.29 is 22.8 Å². The molecule has 3 heterocycles. The predicted molar refractivity (Wildman–Crippen MR) is 93.9 cm³/mol. The van der Waals surface area contributed by atoms with Gasteiger partial charge in [0.1, 0.15) is 5.82 Å². The monoisotopic (exact) mass is 399 g/mol. The van der Waals surface area contributed by atoms with E-state index in [9.17, 15) is 22.8 Å². The number of aryl methyl sites for hydroxylation is 1. The van der Waals surface area contributed by atoms with Crippen LogP contribution in [0.4, 0.5) is 13.2 Å². The quantitative estimate of drug-likeness (QED) is 0.724. The normalized spacial score (nSPS) is 22.5. The number of fused-ring (bicyclic) bond motifs is 1. The summed E-state index contributed by atoms with van der Waals surface area (Å²) in [7, 11) is 1.60. The van der Waals surface area contributed by atoms with Crippen molar-refractivity contribution in [3.05, 3.63) is 24.3 Å². The van der Waals surface area contributed by atoms with E-state index < -0.39 is 12.1 Å². The van der Waals surface area contributed by atoms with E-state index in [4.69, 9.17) is 0 Å². The number of rotatable bonds is 4. The zero-order valence-corrected chi connectivity index (χ0v) is 15.8. The highest BCUT2D eigenvalue weighted by atomic mass is 19.4. The Labute approximate surface area is 161 Å². The Balaban J connectivity index is 1.66. The molecule has 2 unspecified atom stereocenters. The molecule has 0 aromatic carbocycles. The van der Waals surface area contributed by atoms with Gasteiger partial charge in [-0.15, -0.1) is 10.2 Å². The van der Waals surface area contributed by atoms with Crippen molar-refractivity contribution in [1.29, 1.82) is 0 Å². The third-order valence-corrected chi connectivity index (χ3v) is 5.50. The van der Waals surface area contributed by atoms with E-state index >= 15 is 0 Å². The maximum absolute atomic E-state index is 13.1. The number of alkyl halides is 3. The summed E-state index contributed by atoms with van der Waals surface area (Å²) in [5, 5.41) is 8.00. The van der Waals surface area contributed by atoms with Crippen LogP contribution in [0.5, 0.6) is 0 Å². The molecule has 0 aliphatic carbocycles. The molecule has 0 saturated carbocycles. The van der Waals surface area contributed by atoms with E-state index in [0.717, 1.165) is 6.42 Å². The van der Waals surface area contributed by atoms with E-state index in [-0.39, 0.29) is 43.7 Å². The molecule has 0 bridgehead atoms. The van der Waals surface area contributed by atoms with Crippen LogP contribution >= 0.6 is 0 Å². The van der Waals surface area contributed by atoms with Gasteiger partial charge in [0.25, 0.3) is 0 Å². The second-order valence-corrected chi connectivity index (χ2v) is 7.44. The Morgan fingerprint density at radius 3 is 2.71 bits per heavy atom. The van der Waals surface area contributed by atoms with Crippen molar-refractivity contribution in [2.45, 2.75) is 44.9 Å². The van der Waals surface area contributed by atoms with Crippen molar-refractivity contribution >= 4 is 11.8 Å². The molecule has 1 aromatic rings. The maximum atomic E-state index is 13.1. The van der Waals surface area contributed by atoms with Gasteiger partial charge in [-0.2, -0.15) is 13.2 Å². The highest BCUT2D eigenvalue weighted by Gasteiger charge is 2.42. The van der Waals surface area contributed by atoms with Crippen LogP contribution in [-0.4, -0.2) is 62.7 Å². The molecule has 2 amide bonds. The Morgan fingerprint density at radius 2 is 2.04 bits per heavy atom. The highest BCUT2D eigenvalue weighted by Crippen LogP contribution is 2.34. The molecular formula is C18H24F3N5O2. The molecule has 2 atom stereocenters. The summed E-state index contributed by atoms with van der Waals surface area (Å²) < 4.78 is 40.7. The minimum Gasteiger partial charge on any atom is -0.338 e. The molecule has 0 spiro atoms. The summed E-state index contributed by atoms with van der Waals surface area (Å²) in [5.41, 5.74) is 0. The zero-order valence-electron chi connectivity index (χ0n) is 15.8. The minimum absolute atomic E-state index is 0.00560. The smallest absolute Gasteiger partial charge is 0.338 e. The number of halogens is 3. The zero-order chi connectivity index (χ0) is 20.5. The number of nitrogens with zero attached hydrogens (tertiary/aromatic N) is 5. The lowest BCUT2D eigenvalue weighted by Crippen LogP contribution is -2.45. The summed E-state index contributed by atoms with van der Waals surface area (Å²) in [6, 6.07) is 0. The van der Waals surface area contributed by atoms with Gasteiger partial charge >= 0.3 is 6.18 Å². The number of amides is 2. The van der Waals surface area contributed by atoms with Crippen LogP contribution < -0.4 is 0 Å². The molecule has 7 nitrogen and oxygen atoms in total. The van der Waals surface area contributed by atoms with Crippen molar-refractivity contribution in [2.24, 2.45) is 11.8 Å². The van der Waals surface area contributed by atoms with E-state index in [1.165, 1.54) is 15.5 Å². The summed E-state index contributed by atoms with van der Waals surface area (Å²) in [6.45, 7) is 4.26. The first kappa shape index (κ1) is 20.3. The fraction of sp³-hybridized carbons (Fsp3) is 0.667. The Kier molecular flexibility index (Phi) is 5.76. The van der Waals surface area contributed by atoms with Gasteiger partial charge in [-0.1, -0.05) is 6.58 Å². The molecule has 2 aliphatic rings. The van der Waals surface area contributed by atoms with Crippen LogP contribution in [0.1, 0.15) is 30.9 Å². The van der Waals surface area contributed by atoms with Crippen LogP contribution in [0, 0.1) is 11.8 Å². The first-order valence-electron chi connectivity index (χ1n) is 9.34. The molecular weight excluding hydrogens is 375 g/mol. The van der Waals surface area contributed by atoms with Gasteiger partial charge in [-0.05, 0) is 25.3 Å². The minimum atomic E-state index is -4.26. The second-order valence-electron chi connectivity index (χ2n) is 7.44. The van der Waals surface area contributed by atoms with Gasteiger partial charge in [-0.25, -0.2) is 0 Å². The average molecular weight is 399 g/mol. The summed E-state index contributed by atoms with van der Waals surface area (Å²) in [6.07, 6.45) is -1.42. The van der Waals surface area contributed by atoms with Crippen molar-refractivity contribution in [2.75, 3.05) is 20.1 Å². The summed E-state index contributed by atoms with van der Waals surface area (Å²) in [5.74, 6) is -1.24. The standard InChI is InChI=1S/C18H24F3N5O2/c1-3-16(27)25-8-4-5-12(9-25)17(28)24(2)11-15-23-22-14-7-6-13(10-26(14)15)18(19,20)21/h3,12-13H,1,4-11H2,2H3. The molecule has 1 aromatic heterocycles. The van der Waals surface area contributed by atoms with E-state index in [1.54, 1.807) is 11.9 Å². The molecule has 2 aliphatic heterocycles. The fourth-order valence-corrected chi connectivity index (χ4v) is 3.88. The number of hydrogen-bond donors (Lipinski definition) is 0. The lowest BCUT2D eigenvalue weighted by Gasteiger charge is -2.33. The Bertz CT molecular complexity index is 761. The molecule has 0 radical (unpaired) electrons. The predicted octanol–water partition coefficient (Wildman–Crippen LogP) is 1.79. The van der Waals surface area contributed by atoms with Gasteiger partial charge in [0, 0.05) is 33.1 Å². The van der Waals surface area contributed by atoms with Crippen LogP contribution in [0.25, 0.3) is 0 Å². The molecule has 0 N–H and O–H groups in total. The summed E-state index contributed by atoms with van der Waals surface area (Å²) >= 11 is 0. The molecule has 1 fully saturated rings. The number of piperidine rings is 1. The van der Waals surface area contributed by atoms with Gasteiger partial charge in [0.05, 0.1) is 18.4 Å². The fourth-order valence-electron chi connectivity index (χ4n) is 3.88. The number of likely N-dealkylation sites (tertiary alicyclic amines) is 1. The number of carbonyl (C=O) groups excluding carboxylic acids is 2. The van der Waals surface area contributed by atoms with Gasteiger partial charge in [0.2, 0.25) is 11.8 Å². The van der Waals surface area contributed by atoms with Crippen LogP contribution in [0.3, 0.4) is 0 Å². The lowest BCUT2D eigenvalue weighted by molar-refractivity contribution is -0.182. The lowest BCUT2D eigenvalue weighted by atomic mass is 9.96. The molecule has 28 heavy (non-hydrogen) atoms. The SMILES string of the molecule is C=CC(=O)N1CCCC(C(=O)N(C)Cc2nnc3n2CC(C(F)(F)F)CC3)C1. The first-order valence-corrected chi connectivity index (χ1v) is 9.34. The van der Waals surface area contributed by atoms with Crippen molar-refractivity contribution in [1.82, 2.24) is 24.6 Å². The molecule has 3 rings (SSSR count). The number of carbonyl (C=O) groups is 2. The maximum Gasteiger partial charge on any atom is 0.393 e. The van der Waals surface area contributed by atoms with Crippen LogP contribution in [-0.2, 0) is 29.1 Å². The van der Waals surface area contributed by atoms with Crippen LogP contribution in [0.2, 0.25) is 0 Å². The van der Waals surface area contributed by atoms with Gasteiger partial charge in [0.15, 0.2) is 5.82 Å². The number of hydrogen-bond acceptors (Lipinski definition) is 4. The third kappa shape index (κ3) is 4.20. The molecule has 154 valence electrons. The summed E-state index contributed by atoms with van der Waals surface area (Å²) in [4.78, 5) is 27.7. The number of aromatic nitrogens is 3. The van der Waals surface area contributed by atoms with E-state index in [0.29, 0.717) is 31.2 Å². The van der Waals surface area contributed by atoms with Crippen molar-refractivity contribution in [3.8, 4) is 0 Å². The van der Waals surface area contributed by atoms with Gasteiger partial charge < -0.3 is 14.4 Å². The molecule has 10 heteroatoms. The van der Waals surface area contributed by atoms with E-state index in [2.05, 4.69) is 16.8 Å². The average Bonchev–Trinajstić information content (AvgIpc) is 3.08. The second kappa shape index (κ2) is 7.92. The highest BCUT2D eigenvalue weighted by molar-refractivity contribution is 5.88. The third-order valence-electron chi connectivity index (χ3n) is 5.50. The largest absolute Gasteiger partial charge is 0.393 e. The van der Waals surface area contributed by atoms with Crippen LogP contribution in [0.15, 0.2) is 12.7 Å². The first-order chi connectivity index (χ1) is 13.2. The van der Waals surface area contributed by atoms with Crippen molar-refractivity contribution in [3.63, 3.8) is 0 Å². The Hall–Kier alpha value is -2.39. The van der Waals surface area contributed by atoms with E-state index in [1.807, 2.05) is 0 Å². The Morgan fingerprint density at radius 1 is 1.29 bits per heavy atom.